The standard InChI is InChI=1S/C12H10F2N2O4/c1-19-7-4-8(20-2)11(14)9(10(7)13)5-3-6(12(17)18)16-15-5/h3-4H,1-2H3,(H,15,16)(H,17,18). The number of carboxylic acid groups (broad SMARTS) is 1. The topological polar surface area (TPSA) is 84.4 Å². The Morgan fingerprint density at radius 2 is 1.75 bits per heavy atom. The number of halogens is 2. The van der Waals surface area contributed by atoms with E-state index in [1.807, 2.05) is 0 Å². The molecule has 0 bridgehead atoms. The molecule has 0 aliphatic heterocycles. The molecule has 2 N–H and O–H groups in total. The normalized spacial score (nSPS) is 10.4. The third-order valence-electron chi connectivity index (χ3n) is 2.64. The maximum Gasteiger partial charge on any atom is 0.353 e. The summed E-state index contributed by atoms with van der Waals surface area (Å²) < 4.78 is 37.8. The summed E-state index contributed by atoms with van der Waals surface area (Å²) in [6.07, 6.45) is 0. The molecule has 0 fully saturated rings. The molecule has 106 valence electrons. The van der Waals surface area contributed by atoms with E-state index in [9.17, 15) is 13.6 Å². The quantitative estimate of drug-likeness (QED) is 0.897. The molecule has 20 heavy (non-hydrogen) atoms. The van der Waals surface area contributed by atoms with Gasteiger partial charge in [0.25, 0.3) is 0 Å². The van der Waals surface area contributed by atoms with Crippen molar-refractivity contribution in [2.45, 2.75) is 0 Å². The number of benzene rings is 1. The average molecular weight is 284 g/mol. The van der Waals surface area contributed by atoms with Crippen LogP contribution >= 0.6 is 0 Å². The highest BCUT2D eigenvalue weighted by Gasteiger charge is 2.24. The molecule has 0 atom stereocenters. The van der Waals surface area contributed by atoms with E-state index in [2.05, 4.69) is 10.2 Å². The van der Waals surface area contributed by atoms with Crippen molar-refractivity contribution in [1.82, 2.24) is 10.2 Å². The van der Waals surface area contributed by atoms with E-state index in [0.29, 0.717) is 0 Å². The van der Waals surface area contributed by atoms with Crippen molar-refractivity contribution in [1.29, 1.82) is 0 Å². The van der Waals surface area contributed by atoms with Gasteiger partial charge in [-0.25, -0.2) is 13.6 Å². The zero-order chi connectivity index (χ0) is 14.9. The predicted molar refractivity (Wildman–Crippen MR) is 64.0 cm³/mol. The second kappa shape index (κ2) is 5.16. The van der Waals surface area contributed by atoms with Gasteiger partial charge in [0.05, 0.1) is 25.5 Å². The number of carbonyl (C=O) groups is 1. The maximum atomic E-state index is 14.1. The average Bonchev–Trinajstić information content (AvgIpc) is 2.89. The van der Waals surface area contributed by atoms with Crippen LogP contribution in [-0.2, 0) is 0 Å². The molecule has 0 spiro atoms. The molecule has 0 unspecified atom stereocenters. The summed E-state index contributed by atoms with van der Waals surface area (Å²) >= 11 is 0. The molecule has 0 radical (unpaired) electrons. The summed E-state index contributed by atoms with van der Waals surface area (Å²) in [4.78, 5) is 10.8. The molecule has 2 rings (SSSR count). The first-order valence-electron chi connectivity index (χ1n) is 5.38. The van der Waals surface area contributed by atoms with Crippen LogP contribution in [0.3, 0.4) is 0 Å². The number of hydrogen-bond donors (Lipinski definition) is 2. The number of rotatable bonds is 4. The number of ether oxygens (including phenoxy) is 2. The second-order valence-corrected chi connectivity index (χ2v) is 3.76. The first-order valence-corrected chi connectivity index (χ1v) is 5.38. The molecule has 1 heterocycles. The third-order valence-corrected chi connectivity index (χ3v) is 2.64. The molecule has 6 nitrogen and oxygen atoms in total. The Labute approximate surface area is 111 Å². The fraction of sp³-hybridized carbons (Fsp3) is 0.167. The molecule has 0 aliphatic carbocycles. The van der Waals surface area contributed by atoms with Crippen molar-refractivity contribution in [3.8, 4) is 22.8 Å². The fourth-order valence-corrected chi connectivity index (χ4v) is 1.67. The number of aromatic amines is 1. The molecule has 0 aliphatic rings. The summed E-state index contributed by atoms with van der Waals surface area (Å²) in [6, 6.07) is 2.07. The Bertz CT molecular complexity index is 641. The van der Waals surface area contributed by atoms with Crippen LogP contribution in [0, 0.1) is 11.6 Å². The van der Waals surface area contributed by atoms with Crippen molar-refractivity contribution < 1.29 is 28.2 Å². The van der Waals surface area contributed by atoms with Gasteiger partial charge in [0.1, 0.15) is 5.69 Å². The van der Waals surface area contributed by atoms with E-state index in [-0.39, 0.29) is 22.9 Å². The number of nitrogens with zero attached hydrogens (tertiary/aromatic N) is 1. The van der Waals surface area contributed by atoms with E-state index >= 15 is 0 Å². The minimum atomic E-state index is -1.29. The van der Waals surface area contributed by atoms with Gasteiger partial charge in [0.15, 0.2) is 23.1 Å². The minimum Gasteiger partial charge on any atom is -0.494 e. The lowest BCUT2D eigenvalue weighted by atomic mass is 10.1. The van der Waals surface area contributed by atoms with Gasteiger partial charge in [0.2, 0.25) is 0 Å². The Kier molecular flexibility index (Phi) is 3.55. The number of carboxylic acids is 1. The summed E-state index contributed by atoms with van der Waals surface area (Å²) in [5, 5.41) is 14.5. The Balaban J connectivity index is 2.67. The predicted octanol–water partition coefficient (Wildman–Crippen LogP) is 2.07. The van der Waals surface area contributed by atoms with Gasteiger partial charge in [-0.2, -0.15) is 5.10 Å². The molecule has 0 saturated carbocycles. The second-order valence-electron chi connectivity index (χ2n) is 3.76. The zero-order valence-corrected chi connectivity index (χ0v) is 10.5. The smallest absolute Gasteiger partial charge is 0.353 e. The van der Waals surface area contributed by atoms with Gasteiger partial charge in [0, 0.05) is 6.07 Å². The van der Waals surface area contributed by atoms with Crippen LogP contribution in [0.25, 0.3) is 11.3 Å². The Morgan fingerprint density at radius 1 is 1.20 bits per heavy atom. The van der Waals surface area contributed by atoms with Gasteiger partial charge < -0.3 is 14.6 Å². The number of H-pyrrole nitrogens is 1. The molecule has 1 aromatic carbocycles. The molecule has 1 aromatic heterocycles. The fourth-order valence-electron chi connectivity index (χ4n) is 1.67. The van der Waals surface area contributed by atoms with Crippen molar-refractivity contribution in [2.75, 3.05) is 14.2 Å². The zero-order valence-electron chi connectivity index (χ0n) is 10.5. The van der Waals surface area contributed by atoms with Gasteiger partial charge in [-0.3, -0.25) is 5.10 Å². The van der Waals surface area contributed by atoms with E-state index in [1.165, 1.54) is 14.2 Å². The van der Waals surface area contributed by atoms with Gasteiger partial charge >= 0.3 is 5.97 Å². The highest BCUT2D eigenvalue weighted by atomic mass is 19.1. The lowest BCUT2D eigenvalue weighted by Gasteiger charge is -2.10. The molecule has 8 heteroatoms. The van der Waals surface area contributed by atoms with Crippen molar-refractivity contribution in [2.24, 2.45) is 0 Å². The largest absolute Gasteiger partial charge is 0.494 e. The molecule has 2 aromatic rings. The van der Waals surface area contributed by atoms with Gasteiger partial charge in [-0.15, -0.1) is 0 Å². The van der Waals surface area contributed by atoms with Crippen LogP contribution < -0.4 is 9.47 Å². The van der Waals surface area contributed by atoms with E-state index < -0.39 is 23.2 Å². The van der Waals surface area contributed by atoms with Crippen LogP contribution in [0.1, 0.15) is 10.5 Å². The highest BCUT2D eigenvalue weighted by molar-refractivity contribution is 5.87. The van der Waals surface area contributed by atoms with Gasteiger partial charge in [-0.1, -0.05) is 0 Å². The molecule has 0 saturated heterocycles. The lowest BCUT2D eigenvalue weighted by Crippen LogP contribution is -1.99. The van der Waals surface area contributed by atoms with Crippen molar-refractivity contribution >= 4 is 5.97 Å². The Morgan fingerprint density at radius 3 is 2.15 bits per heavy atom. The molecule has 0 amide bonds. The van der Waals surface area contributed by atoms with Crippen LogP contribution in [0.15, 0.2) is 12.1 Å². The third kappa shape index (κ3) is 2.15. The van der Waals surface area contributed by atoms with Crippen LogP contribution in [0.5, 0.6) is 11.5 Å². The van der Waals surface area contributed by atoms with Crippen LogP contribution in [-0.4, -0.2) is 35.5 Å². The van der Waals surface area contributed by atoms with Crippen molar-refractivity contribution in [3.63, 3.8) is 0 Å². The first kappa shape index (κ1) is 13.8. The summed E-state index contributed by atoms with van der Waals surface area (Å²) in [7, 11) is 2.43. The van der Waals surface area contributed by atoms with E-state index in [4.69, 9.17) is 14.6 Å². The maximum absolute atomic E-state index is 14.1. The summed E-state index contributed by atoms with van der Waals surface area (Å²) in [5.74, 6) is -3.75. The highest BCUT2D eigenvalue weighted by Crippen LogP contribution is 2.36. The first-order chi connectivity index (χ1) is 9.49. The minimum absolute atomic E-state index is 0.199. The van der Waals surface area contributed by atoms with Crippen molar-refractivity contribution in [3.05, 3.63) is 29.5 Å². The number of hydrogen-bond acceptors (Lipinski definition) is 4. The van der Waals surface area contributed by atoms with Crippen LogP contribution in [0.2, 0.25) is 0 Å². The number of methoxy groups -OCH3 is 2. The Hall–Kier alpha value is -2.64. The van der Waals surface area contributed by atoms with Gasteiger partial charge in [-0.05, 0) is 6.07 Å². The number of aromatic nitrogens is 2. The number of nitrogens with one attached hydrogen (secondary N) is 1. The summed E-state index contributed by atoms with van der Waals surface area (Å²) in [6.45, 7) is 0. The molecular formula is C12H10F2N2O4. The molecular weight excluding hydrogens is 274 g/mol. The monoisotopic (exact) mass is 284 g/mol. The van der Waals surface area contributed by atoms with E-state index in [1.54, 1.807) is 0 Å². The van der Waals surface area contributed by atoms with E-state index in [0.717, 1.165) is 12.1 Å². The lowest BCUT2D eigenvalue weighted by molar-refractivity contribution is 0.0690. The SMILES string of the molecule is COc1cc(OC)c(F)c(-c2cc(C(=O)O)[nH]n2)c1F. The number of aromatic carboxylic acids is 1. The summed E-state index contributed by atoms with van der Waals surface area (Å²) in [5.41, 5.74) is -1.01. The van der Waals surface area contributed by atoms with Crippen LogP contribution in [0.4, 0.5) is 8.78 Å².